The number of aromatic nitrogens is 1. The fraction of sp³-hybridized carbons (Fsp3) is 0.214. The Morgan fingerprint density at radius 2 is 1.83 bits per heavy atom. The number of nitrogens with zero attached hydrogens (tertiary/aromatic N) is 1. The Bertz CT molecular complexity index is 488. The molecule has 0 aliphatic heterocycles. The summed E-state index contributed by atoms with van der Waals surface area (Å²) in [5.74, 6) is 1.37. The van der Waals surface area contributed by atoms with Crippen molar-refractivity contribution in [2.75, 3.05) is 12.3 Å². The molecule has 1 atom stereocenters. The van der Waals surface area contributed by atoms with Crippen LogP contribution < -0.4 is 15.0 Å². The smallest absolute Gasteiger partial charge is 0.272 e. The van der Waals surface area contributed by atoms with Crippen molar-refractivity contribution in [1.82, 2.24) is 0 Å². The number of anilines is 1. The first-order valence-electron chi connectivity index (χ1n) is 5.85. The minimum absolute atomic E-state index is 0.241. The van der Waals surface area contributed by atoms with Crippen molar-refractivity contribution in [3.05, 3.63) is 54.7 Å². The number of pyridine rings is 1. The highest BCUT2D eigenvalue weighted by molar-refractivity contribution is 5.21. The van der Waals surface area contributed by atoms with Crippen LogP contribution in [-0.4, -0.2) is 17.8 Å². The van der Waals surface area contributed by atoms with E-state index in [2.05, 4.69) is 0 Å². The maximum absolute atomic E-state index is 9.89. The van der Waals surface area contributed by atoms with Gasteiger partial charge in [0.2, 0.25) is 0 Å². The maximum Gasteiger partial charge on any atom is 0.272 e. The van der Waals surface area contributed by atoms with Crippen molar-refractivity contribution in [3.8, 4) is 5.75 Å². The van der Waals surface area contributed by atoms with E-state index in [0.29, 0.717) is 12.4 Å². The fourth-order valence-corrected chi connectivity index (χ4v) is 1.64. The Labute approximate surface area is 106 Å². The van der Waals surface area contributed by atoms with Crippen LogP contribution >= 0.6 is 0 Å². The Morgan fingerprint density at radius 1 is 1.11 bits per heavy atom. The van der Waals surface area contributed by atoms with Gasteiger partial charge in [-0.15, -0.1) is 0 Å². The van der Waals surface area contributed by atoms with Crippen LogP contribution in [0.5, 0.6) is 5.75 Å². The highest BCUT2D eigenvalue weighted by Gasteiger charge is 2.11. The molecule has 4 nitrogen and oxygen atoms in total. The Kier molecular flexibility index (Phi) is 4.15. The lowest BCUT2D eigenvalue weighted by Gasteiger charge is -2.12. The van der Waals surface area contributed by atoms with E-state index in [1.807, 2.05) is 48.7 Å². The maximum atomic E-state index is 9.89. The van der Waals surface area contributed by atoms with E-state index >= 15 is 0 Å². The SMILES string of the molecule is Nc1cccc[n+]1C[C@H](O)COc1ccccc1. The molecule has 0 amide bonds. The van der Waals surface area contributed by atoms with Crippen LogP contribution in [0.25, 0.3) is 0 Å². The summed E-state index contributed by atoms with van der Waals surface area (Å²) >= 11 is 0. The van der Waals surface area contributed by atoms with Crippen LogP contribution in [0.2, 0.25) is 0 Å². The summed E-state index contributed by atoms with van der Waals surface area (Å²) in [7, 11) is 0. The van der Waals surface area contributed by atoms with Crippen molar-refractivity contribution in [2.45, 2.75) is 12.6 Å². The summed E-state index contributed by atoms with van der Waals surface area (Å²) in [6.07, 6.45) is 1.24. The quantitative estimate of drug-likeness (QED) is 0.772. The number of benzene rings is 1. The number of nitrogen functional groups attached to an aromatic ring is 1. The van der Waals surface area contributed by atoms with Gasteiger partial charge in [-0.2, -0.15) is 0 Å². The largest absolute Gasteiger partial charge is 0.491 e. The first-order valence-corrected chi connectivity index (χ1v) is 5.85. The van der Waals surface area contributed by atoms with Gasteiger partial charge in [0.15, 0.2) is 0 Å². The van der Waals surface area contributed by atoms with Gasteiger partial charge in [-0.1, -0.05) is 24.3 Å². The number of nitrogens with two attached hydrogens (primary N) is 1. The molecule has 0 radical (unpaired) electrons. The minimum Gasteiger partial charge on any atom is -0.491 e. The first-order chi connectivity index (χ1) is 8.75. The zero-order chi connectivity index (χ0) is 12.8. The Hall–Kier alpha value is -2.07. The summed E-state index contributed by atoms with van der Waals surface area (Å²) in [5.41, 5.74) is 5.79. The van der Waals surface area contributed by atoms with Gasteiger partial charge in [0.1, 0.15) is 25.0 Å². The highest BCUT2D eigenvalue weighted by Crippen LogP contribution is 2.08. The van der Waals surface area contributed by atoms with Crippen molar-refractivity contribution < 1.29 is 14.4 Å². The van der Waals surface area contributed by atoms with Gasteiger partial charge in [-0.25, -0.2) is 4.57 Å². The summed E-state index contributed by atoms with van der Waals surface area (Å²) in [6, 6.07) is 15.0. The van der Waals surface area contributed by atoms with Crippen LogP contribution in [0.15, 0.2) is 54.7 Å². The molecule has 0 unspecified atom stereocenters. The van der Waals surface area contributed by atoms with Gasteiger partial charge in [0.05, 0.1) is 6.20 Å². The third kappa shape index (κ3) is 3.46. The highest BCUT2D eigenvalue weighted by atomic mass is 16.5. The number of para-hydroxylation sites is 1. The van der Waals surface area contributed by atoms with Crippen LogP contribution in [0.3, 0.4) is 0 Å². The summed E-state index contributed by atoms with van der Waals surface area (Å²) in [4.78, 5) is 0. The van der Waals surface area contributed by atoms with E-state index < -0.39 is 6.10 Å². The van der Waals surface area contributed by atoms with Crippen LogP contribution in [0, 0.1) is 0 Å². The number of hydrogen-bond donors (Lipinski definition) is 2. The molecule has 0 fully saturated rings. The Morgan fingerprint density at radius 3 is 2.56 bits per heavy atom. The van der Waals surface area contributed by atoms with Crippen molar-refractivity contribution in [2.24, 2.45) is 0 Å². The van der Waals surface area contributed by atoms with E-state index in [1.54, 1.807) is 10.6 Å². The van der Waals surface area contributed by atoms with Gasteiger partial charge in [-0.05, 0) is 18.2 Å². The summed E-state index contributed by atoms with van der Waals surface area (Å²) in [6.45, 7) is 0.658. The number of rotatable bonds is 5. The predicted octanol–water partition coefficient (Wildman–Crippen LogP) is 0.996. The molecule has 1 aromatic carbocycles. The second-order valence-corrected chi connectivity index (χ2v) is 4.06. The zero-order valence-electron chi connectivity index (χ0n) is 10.1. The molecule has 2 aromatic rings. The monoisotopic (exact) mass is 245 g/mol. The van der Waals surface area contributed by atoms with Gasteiger partial charge in [0.25, 0.3) is 5.82 Å². The lowest BCUT2D eigenvalue weighted by Crippen LogP contribution is -2.43. The Balaban J connectivity index is 1.86. The van der Waals surface area contributed by atoms with Crippen molar-refractivity contribution in [1.29, 1.82) is 0 Å². The van der Waals surface area contributed by atoms with Crippen molar-refractivity contribution >= 4 is 5.82 Å². The van der Waals surface area contributed by atoms with E-state index in [4.69, 9.17) is 10.5 Å². The fourth-order valence-electron chi connectivity index (χ4n) is 1.64. The molecule has 1 aromatic heterocycles. The molecule has 0 bridgehead atoms. The van der Waals surface area contributed by atoms with E-state index in [0.717, 1.165) is 5.75 Å². The second kappa shape index (κ2) is 6.02. The number of hydrogen-bond acceptors (Lipinski definition) is 3. The van der Waals surface area contributed by atoms with Crippen LogP contribution in [-0.2, 0) is 6.54 Å². The van der Waals surface area contributed by atoms with Crippen LogP contribution in [0.4, 0.5) is 5.82 Å². The predicted molar refractivity (Wildman–Crippen MR) is 69.0 cm³/mol. The topological polar surface area (TPSA) is 59.4 Å². The molecule has 4 heteroatoms. The van der Waals surface area contributed by atoms with Gasteiger partial charge >= 0.3 is 0 Å². The molecule has 94 valence electrons. The second-order valence-electron chi connectivity index (χ2n) is 4.06. The molecule has 18 heavy (non-hydrogen) atoms. The van der Waals surface area contributed by atoms with Crippen LogP contribution in [0.1, 0.15) is 0 Å². The molecular formula is C14H17N2O2+. The lowest BCUT2D eigenvalue weighted by molar-refractivity contribution is -0.689. The average molecular weight is 245 g/mol. The zero-order valence-corrected chi connectivity index (χ0v) is 10.1. The molecule has 0 aliphatic rings. The molecular weight excluding hydrogens is 228 g/mol. The van der Waals surface area contributed by atoms with Gasteiger partial charge < -0.3 is 9.84 Å². The van der Waals surface area contributed by atoms with Gasteiger partial charge in [-0.3, -0.25) is 5.73 Å². The minimum atomic E-state index is -0.597. The molecule has 1 heterocycles. The van der Waals surface area contributed by atoms with E-state index in [-0.39, 0.29) is 6.61 Å². The normalized spacial score (nSPS) is 12.1. The van der Waals surface area contributed by atoms with E-state index in [9.17, 15) is 5.11 Å². The molecule has 0 spiro atoms. The average Bonchev–Trinajstić information content (AvgIpc) is 2.40. The molecule has 0 saturated heterocycles. The number of aliphatic hydroxyl groups is 1. The first kappa shape index (κ1) is 12.4. The third-order valence-corrected chi connectivity index (χ3v) is 2.57. The van der Waals surface area contributed by atoms with Gasteiger partial charge in [0, 0.05) is 6.07 Å². The number of aliphatic hydroxyl groups excluding tert-OH is 1. The summed E-state index contributed by atoms with van der Waals surface area (Å²) < 4.78 is 7.27. The third-order valence-electron chi connectivity index (χ3n) is 2.57. The molecule has 0 saturated carbocycles. The molecule has 3 N–H and O–H groups in total. The van der Waals surface area contributed by atoms with Crippen molar-refractivity contribution in [3.63, 3.8) is 0 Å². The lowest BCUT2D eigenvalue weighted by atomic mass is 10.3. The molecule has 2 rings (SSSR count). The standard InChI is InChI=1S/C14H16N2O2/c15-14-8-4-5-9-16(14)10-12(17)11-18-13-6-2-1-3-7-13/h1-9,12,15,17H,10-11H2/p+1/t12-/m0/s1. The molecule has 0 aliphatic carbocycles. The van der Waals surface area contributed by atoms with E-state index in [1.165, 1.54) is 0 Å². The summed E-state index contributed by atoms with van der Waals surface area (Å²) in [5, 5.41) is 9.89. The number of ether oxygens (including phenoxy) is 1.